The Morgan fingerprint density at radius 1 is 1.22 bits per heavy atom. The number of fused-ring (bicyclic) bond motifs is 2. The maximum atomic E-state index is 13.9. The van der Waals surface area contributed by atoms with Crippen LogP contribution in [-0.2, 0) is 21.3 Å². The highest BCUT2D eigenvalue weighted by molar-refractivity contribution is 5.92. The number of nitrogens with one attached hydrogen (secondary N) is 1. The van der Waals surface area contributed by atoms with E-state index in [1.807, 2.05) is 62.0 Å². The smallest absolute Gasteiger partial charge is 0.286 e. The summed E-state index contributed by atoms with van der Waals surface area (Å²) in [5.74, 6) is 0.644. The number of hydrogen-bond donors (Lipinski definition) is 2. The van der Waals surface area contributed by atoms with Crippen molar-refractivity contribution in [2.24, 2.45) is 24.8 Å². The maximum absolute atomic E-state index is 13.9. The lowest BCUT2D eigenvalue weighted by molar-refractivity contribution is -0.167. The monoisotopic (exact) mass is 509 g/mol. The molecule has 8 heteroatoms. The lowest BCUT2D eigenvalue weighted by Gasteiger charge is -2.37. The summed E-state index contributed by atoms with van der Waals surface area (Å²) in [5, 5.41) is 12.8. The number of benzene rings is 1. The van der Waals surface area contributed by atoms with Crippen LogP contribution in [0.3, 0.4) is 0 Å². The van der Waals surface area contributed by atoms with Gasteiger partial charge in [-0.25, -0.2) is 4.68 Å². The standard InChI is InChI=1S/C29H39N3O5/c1-4-36-29-22(11-8-14-33)23(17-25(37-29)27(34)30-24-16-19-12-13-20(24)15-19)26-18(2)31(3)32(28(26)35)21-9-6-5-7-10-21/h5-7,9-10,17,19-20,22-24,29,33H,4,8,11-16H2,1-3H3,(H,30,34)/t19?,20?,22-,23+,24?,29-/m0/s1. The van der Waals surface area contributed by atoms with Gasteiger partial charge in [0.1, 0.15) is 0 Å². The van der Waals surface area contributed by atoms with E-state index in [4.69, 9.17) is 9.47 Å². The van der Waals surface area contributed by atoms with Gasteiger partial charge in [-0.1, -0.05) is 24.6 Å². The summed E-state index contributed by atoms with van der Waals surface area (Å²) >= 11 is 0. The summed E-state index contributed by atoms with van der Waals surface area (Å²) < 4.78 is 15.7. The van der Waals surface area contributed by atoms with Crippen molar-refractivity contribution < 1.29 is 19.4 Å². The first kappa shape index (κ1) is 25.8. The van der Waals surface area contributed by atoms with Crippen molar-refractivity contribution in [2.75, 3.05) is 13.2 Å². The lowest BCUT2D eigenvalue weighted by atomic mass is 9.80. The third kappa shape index (κ3) is 4.89. The molecule has 3 aliphatic rings. The second-order valence-electron chi connectivity index (χ2n) is 10.8. The lowest BCUT2D eigenvalue weighted by Crippen LogP contribution is -2.43. The van der Waals surface area contributed by atoms with Crippen LogP contribution >= 0.6 is 0 Å². The number of carbonyl (C=O) groups excluding carboxylic acids is 1. The Hall–Kier alpha value is -2.84. The number of hydrogen-bond acceptors (Lipinski definition) is 5. The van der Waals surface area contributed by atoms with Crippen molar-refractivity contribution in [2.45, 2.75) is 70.6 Å². The van der Waals surface area contributed by atoms with Crippen molar-refractivity contribution >= 4 is 5.91 Å². The minimum absolute atomic E-state index is 0.0331. The summed E-state index contributed by atoms with van der Waals surface area (Å²) in [4.78, 5) is 27.4. The second-order valence-corrected chi connectivity index (χ2v) is 10.8. The molecule has 2 aromatic rings. The average Bonchev–Trinajstić information content (AvgIpc) is 3.57. The molecular formula is C29H39N3O5. The number of rotatable bonds is 9. The van der Waals surface area contributed by atoms with Gasteiger partial charge in [-0.15, -0.1) is 0 Å². The van der Waals surface area contributed by atoms with Gasteiger partial charge in [-0.3, -0.25) is 14.3 Å². The van der Waals surface area contributed by atoms with E-state index in [9.17, 15) is 14.7 Å². The van der Waals surface area contributed by atoms with Crippen molar-refractivity contribution in [3.63, 3.8) is 0 Å². The Morgan fingerprint density at radius 2 is 2.00 bits per heavy atom. The van der Waals surface area contributed by atoms with E-state index >= 15 is 0 Å². The predicted molar refractivity (Wildman–Crippen MR) is 140 cm³/mol. The fourth-order valence-electron chi connectivity index (χ4n) is 6.73. The van der Waals surface area contributed by atoms with E-state index < -0.39 is 6.29 Å². The molecule has 2 bridgehead atoms. The van der Waals surface area contributed by atoms with Crippen molar-refractivity contribution in [3.05, 3.63) is 63.8 Å². The molecule has 37 heavy (non-hydrogen) atoms. The number of carbonyl (C=O) groups is 1. The summed E-state index contributed by atoms with van der Waals surface area (Å²) in [6.07, 6.45) is 6.94. The molecule has 0 spiro atoms. The Morgan fingerprint density at radius 3 is 2.65 bits per heavy atom. The first-order valence-corrected chi connectivity index (χ1v) is 13.7. The first-order chi connectivity index (χ1) is 17.9. The molecule has 2 fully saturated rings. The van der Waals surface area contributed by atoms with Crippen molar-refractivity contribution in [3.8, 4) is 5.69 Å². The molecule has 0 saturated heterocycles. The Balaban J connectivity index is 1.54. The third-order valence-corrected chi connectivity index (χ3v) is 8.62. The number of allylic oxidation sites excluding steroid dienone is 1. The largest absolute Gasteiger partial charge is 0.459 e. The minimum atomic E-state index is -0.684. The van der Waals surface area contributed by atoms with Gasteiger partial charge in [-0.2, -0.15) is 0 Å². The predicted octanol–water partition coefficient (Wildman–Crippen LogP) is 3.54. The topological polar surface area (TPSA) is 94.7 Å². The molecular weight excluding hydrogens is 470 g/mol. The van der Waals surface area contributed by atoms with E-state index in [0.29, 0.717) is 36.8 Å². The van der Waals surface area contributed by atoms with Crippen LogP contribution in [0.25, 0.3) is 5.69 Å². The van der Waals surface area contributed by atoms with Gasteiger partial charge >= 0.3 is 0 Å². The molecule has 200 valence electrons. The summed E-state index contributed by atoms with van der Waals surface area (Å²) in [7, 11) is 1.88. The zero-order chi connectivity index (χ0) is 26.1. The minimum Gasteiger partial charge on any atom is -0.459 e. The molecule has 3 unspecified atom stereocenters. The molecule has 2 saturated carbocycles. The first-order valence-electron chi connectivity index (χ1n) is 13.7. The van der Waals surface area contributed by atoms with E-state index in [2.05, 4.69) is 5.32 Å². The SMILES string of the molecule is CCO[C@H]1OC(C(=O)NC2CC3CCC2C3)=C[C@@H](c2c(C)n(C)n(-c3ccccc3)c2=O)[C@@H]1CCCO. The molecule has 1 aliphatic heterocycles. The second kappa shape index (κ2) is 10.9. The van der Waals surface area contributed by atoms with Crippen LogP contribution in [0, 0.1) is 24.7 Å². The van der Waals surface area contributed by atoms with Gasteiger partial charge in [0.05, 0.1) is 5.69 Å². The zero-order valence-corrected chi connectivity index (χ0v) is 22.1. The molecule has 8 nitrogen and oxygen atoms in total. The van der Waals surface area contributed by atoms with Crippen LogP contribution < -0.4 is 10.9 Å². The Bertz CT molecular complexity index is 1200. The summed E-state index contributed by atoms with van der Waals surface area (Å²) in [6, 6.07) is 9.73. The summed E-state index contributed by atoms with van der Waals surface area (Å²) in [5.41, 5.74) is 2.12. The molecule has 1 aromatic carbocycles. The average molecular weight is 510 g/mol. The fourth-order valence-corrected chi connectivity index (χ4v) is 6.73. The maximum Gasteiger partial charge on any atom is 0.286 e. The van der Waals surface area contributed by atoms with Gasteiger partial charge < -0.3 is 19.9 Å². The molecule has 1 aromatic heterocycles. The number of amides is 1. The summed E-state index contributed by atoms with van der Waals surface area (Å²) in [6.45, 7) is 4.28. The number of para-hydroxylation sites is 1. The number of ether oxygens (including phenoxy) is 2. The highest BCUT2D eigenvalue weighted by atomic mass is 16.7. The van der Waals surface area contributed by atoms with Gasteiger partial charge in [0, 0.05) is 49.4 Å². The van der Waals surface area contributed by atoms with Gasteiger partial charge in [0.25, 0.3) is 11.5 Å². The van der Waals surface area contributed by atoms with E-state index in [-0.39, 0.29) is 41.7 Å². The fraction of sp³-hybridized carbons (Fsp3) is 0.586. The highest BCUT2D eigenvalue weighted by Gasteiger charge is 2.43. The van der Waals surface area contributed by atoms with Crippen LogP contribution in [0.15, 0.2) is 47.0 Å². The molecule has 2 heterocycles. The van der Waals surface area contributed by atoms with Crippen molar-refractivity contribution in [1.29, 1.82) is 0 Å². The van der Waals surface area contributed by atoms with Crippen LogP contribution in [0.4, 0.5) is 0 Å². The molecule has 2 aliphatic carbocycles. The van der Waals surface area contributed by atoms with Gasteiger partial charge in [0.2, 0.25) is 6.29 Å². The number of nitrogens with zero attached hydrogens (tertiary/aromatic N) is 2. The van der Waals surface area contributed by atoms with Crippen LogP contribution in [0.2, 0.25) is 0 Å². The quantitative estimate of drug-likeness (QED) is 0.539. The third-order valence-electron chi connectivity index (χ3n) is 8.62. The van der Waals surface area contributed by atoms with Crippen LogP contribution in [-0.4, -0.2) is 45.9 Å². The molecule has 6 atom stereocenters. The highest BCUT2D eigenvalue weighted by Crippen LogP contribution is 2.45. The zero-order valence-electron chi connectivity index (χ0n) is 22.1. The number of aliphatic hydroxyl groups excluding tert-OH is 1. The van der Waals surface area contributed by atoms with E-state index in [1.54, 1.807) is 4.68 Å². The molecule has 2 N–H and O–H groups in total. The van der Waals surface area contributed by atoms with Gasteiger partial charge in [0.15, 0.2) is 5.76 Å². The number of aromatic nitrogens is 2. The van der Waals surface area contributed by atoms with Crippen LogP contribution in [0.1, 0.15) is 62.6 Å². The number of aliphatic hydroxyl groups is 1. The van der Waals surface area contributed by atoms with Gasteiger partial charge in [-0.05, 0) is 76.0 Å². The Labute approximate surface area is 218 Å². The van der Waals surface area contributed by atoms with Crippen molar-refractivity contribution in [1.82, 2.24) is 14.7 Å². The molecule has 0 radical (unpaired) electrons. The van der Waals surface area contributed by atoms with E-state index in [1.165, 1.54) is 19.3 Å². The Kier molecular flexibility index (Phi) is 7.58. The van der Waals surface area contributed by atoms with Crippen LogP contribution in [0.5, 0.6) is 0 Å². The molecule has 5 rings (SSSR count). The molecule has 1 amide bonds. The normalized spacial score (nSPS) is 28.7. The van der Waals surface area contributed by atoms with E-state index in [0.717, 1.165) is 17.8 Å².